The van der Waals surface area contributed by atoms with Gasteiger partial charge in [0.05, 0.1) is 39.0 Å². The van der Waals surface area contributed by atoms with E-state index in [1.165, 1.54) is 32.4 Å². The zero-order chi connectivity index (χ0) is 26.1. The molecule has 14 heteroatoms. The van der Waals surface area contributed by atoms with Gasteiger partial charge in [-0.2, -0.15) is 13.2 Å². The predicted molar refractivity (Wildman–Crippen MR) is 118 cm³/mol. The molecule has 2 aliphatic heterocycles. The molecule has 196 valence electrons. The Morgan fingerprint density at radius 2 is 1.78 bits per heavy atom. The van der Waals surface area contributed by atoms with E-state index < -0.39 is 52.2 Å². The minimum atomic E-state index is -4.57. The van der Waals surface area contributed by atoms with Crippen molar-refractivity contribution >= 4 is 21.8 Å². The van der Waals surface area contributed by atoms with Crippen LogP contribution in [0.4, 0.5) is 23.7 Å². The molecule has 2 aromatic rings. The third-order valence-corrected chi connectivity index (χ3v) is 7.18. The van der Waals surface area contributed by atoms with Crippen LogP contribution in [0, 0.1) is 0 Å². The molecule has 2 heterocycles. The number of anilines is 1. The zero-order valence-corrected chi connectivity index (χ0v) is 19.9. The quantitative estimate of drug-likeness (QED) is 0.559. The first-order valence-electron chi connectivity index (χ1n) is 10.6. The van der Waals surface area contributed by atoms with E-state index >= 15 is 0 Å². The van der Waals surface area contributed by atoms with E-state index in [1.54, 1.807) is 6.07 Å². The monoisotopic (exact) mass is 532 g/mol. The number of amides is 1. The molecule has 0 bridgehead atoms. The van der Waals surface area contributed by atoms with Crippen LogP contribution in [0.3, 0.4) is 0 Å². The molecule has 4 atom stereocenters. The highest BCUT2D eigenvalue weighted by molar-refractivity contribution is 7.89. The summed E-state index contributed by atoms with van der Waals surface area (Å²) in [6, 6.07) is 7.62. The van der Waals surface area contributed by atoms with Crippen molar-refractivity contribution in [2.45, 2.75) is 35.4 Å². The fraction of sp³-hybridized carbons (Fsp3) is 0.409. The van der Waals surface area contributed by atoms with E-state index in [4.69, 9.17) is 23.7 Å². The summed E-state index contributed by atoms with van der Waals surface area (Å²) in [6.07, 6.45) is -8.01. The van der Waals surface area contributed by atoms with Crippen molar-refractivity contribution in [3.8, 4) is 11.5 Å². The molecule has 0 aliphatic carbocycles. The Labute approximate surface area is 204 Å². The summed E-state index contributed by atoms with van der Waals surface area (Å²) in [6.45, 7) is -0.151. The average molecular weight is 532 g/mol. The summed E-state index contributed by atoms with van der Waals surface area (Å²) in [5.74, 6) is 0.424. The van der Waals surface area contributed by atoms with Gasteiger partial charge in [-0.3, -0.25) is 5.32 Å². The molecule has 1 amide bonds. The lowest BCUT2D eigenvalue weighted by atomic mass is 10.1. The highest BCUT2D eigenvalue weighted by Crippen LogP contribution is 2.33. The number of hydrogen-bond acceptors (Lipinski definition) is 8. The number of methoxy groups -OCH3 is 2. The molecule has 0 saturated carbocycles. The van der Waals surface area contributed by atoms with Crippen LogP contribution in [-0.4, -0.2) is 66.3 Å². The summed E-state index contributed by atoms with van der Waals surface area (Å²) >= 11 is 0. The zero-order valence-electron chi connectivity index (χ0n) is 19.1. The number of rotatable bonds is 7. The summed E-state index contributed by atoms with van der Waals surface area (Å²) in [4.78, 5) is 12.1. The Kier molecular flexibility index (Phi) is 7.31. The Bertz CT molecular complexity index is 1220. The van der Waals surface area contributed by atoms with E-state index in [1.807, 2.05) is 0 Å². The number of carbonyl (C=O) groups excluding carboxylic acids is 1. The minimum Gasteiger partial charge on any atom is -0.497 e. The third kappa shape index (κ3) is 5.51. The van der Waals surface area contributed by atoms with Crippen molar-refractivity contribution in [3.05, 3.63) is 48.0 Å². The SMILES string of the molecule is COc1ccc(OC)c(S(=O)(=O)NC2COC3C(OC(=O)Nc4cccc(C(F)(F)F)c4)COC23)c1. The number of hydrogen-bond donors (Lipinski definition) is 2. The average Bonchev–Trinajstić information content (AvgIpc) is 3.41. The van der Waals surface area contributed by atoms with Gasteiger partial charge in [-0.1, -0.05) is 6.07 Å². The fourth-order valence-corrected chi connectivity index (χ4v) is 5.40. The second kappa shape index (κ2) is 10.1. The van der Waals surface area contributed by atoms with Gasteiger partial charge in [0.1, 0.15) is 28.6 Å². The number of ether oxygens (including phenoxy) is 5. The van der Waals surface area contributed by atoms with Crippen molar-refractivity contribution < 1.29 is 50.1 Å². The first kappa shape index (κ1) is 26.0. The number of carbonyl (C=O) groups is 1. The Balaban J connectivity index is 1.39. The van der Waals surface area contributed by atoms with Crippen molar-refractivity contribution in [1.29, 1.82) is 0 Å². The fourth-order valence-electron chi connectivity index (χ4n) is 3.98. The topological polar surface area (TPSA) is 121 Å². The lowest BCUT2D eigenvalue weighted by molar-refractivity contribution is -0.137. The maximum absolute atomic E-state index is 13.1. The highest BCUT2D eigenvalue weighted by atomic mass is 32.2. The molecule has 0 spiro atoms. The van der Waals surface area contributed by atoms with Crippen LogP contribution in [0.1, 0.15) is 5.56 Å². The van der Waals surface area contributed by atoms with E-state index in [-0.39, 0.29) is 29.5 Å². The number of nitrogens with one attached hydrogen (secondary N) is 2. The van der Waals surface area contributed by atoms with Crippen LogP contribution in [0.5, 0.6) is 11.5 Å². The second-order valence-electron chi connectivity index (χ2n) is 7.99. The van der Waals surface area contributed by atoms with Crippen LogP contribution >= 0.6 is 0 Å². The van der Waals surface area contributed by atoms with Crippen LogP contribution in [0.15, 0.2) is 47.4 Å². The number of halogens is 3. The summed E-state index contributed by atoms with van der Waals surface area (Å²) in [5.41, 5.74) is -1.03. The van der Waals surface area contributed by atoms with Gasteiger partial charge in [0.25, 0.3) is 0 Å². The molecule has 2 saturated heterocycles. The van der Waals surface area contributed by atoms with Gasteiger partial charge >= 0.3 is 12.3 Å². The molecular weight excluding hydrogens is 509 g/mol. The first-order chi connectivity index (χ1) is 17.0. The highest BCUT2D eigenvalue weighted by Gasteiger charge is 2.50. The van der Waals surface area contributed by atoms with Crippen LogP contribution < -0.4 is 19.5 Å². The molecule has 36 heavy (non-hydrogen) atoms. The summed E-state index contributed by atoms with van der Waals surface area (Å²) < 4.78 is 94.1. The number of fused-ring (bicyclic) bond motifs is 1. The molecule has 4 unspecified atom stereocenters. The van der Waals surface area contributed by atoms with Crippen molar-refractivity contribution in [2.75, 3.05) is 32.8 Å². The maximum atomic E-state index is 13.1. The normalized spacial score (nSPS) is 23.7. The minimum absolute atomic E-state index is 0.0596. The largest absolute Gasteiger partial charge is 0.497 e. The van der Waals surface area contributed by atoms with Gasteiger partial charge in [-0.15, -0.1) is 0 Å². The molecule has 2 fully saturated rings. The van der Waals surface area contributed by atoms with E-state index in [9.17, 15) is 26.4 Å². The number of alkyl halides is 3. The van der Waals surface area contributed by atoms with Crippen molar-refractivity contribution in [2.24, 2.45) is 0 Å². The van der Waals surface area contributed by atoms with Crippen LogP contribution in [-0.2, 0) is 30.4 Å². The van der Waals surface area contributed by atoms with E-state index in [0.717, 1.165) is 18.2 Å². The van der Waals surface area contributed by atoms with E-state index in [0.29, 0.717) is 5.75 Å². The van der Waals surface area contributed by atoms with Gasteiger partial charge in [0.2, 0.25) is 10.0 Å². The standard InChI is InChI=1S/C22H23F3N2O8S/c1-31-14-6-7-16(32-2)18(9-14)36(29,30)27-15-10-33-20-17(11-34-19(15)20)35-21(28)26-13-5-3-4-12(8-13)22(23,24)25/h3-9,15,17,19-20,27H,10-11H2,1-2H3,(H,26,28). The predicted octanol–water partition coefficient (Wildman–Crippen LogP) is 2.78. The molecule has 2 N–H and O–H groups in total. The Morgan fingerprint density at radius 1 is 1.03 bits per heavy atom. The van der Waals surface area contributed by atoms with Crippen LogP contribution in [0.2, 0.25) is 0 Å². The molecule has 0 aromatic heterocycles. The molecule has 2 aromatic carbocycles. The molecule has 10 nitrogen and oxygen atoms in total. The van der Waals surface area contributed by atoms with Gasteiger partial charge in [0.15, 0.2) is 6.10 Å². The summed E-state index contributed by atoms with van der Waals surface area (Å²) in [5, 5.41) is 2.25. The van der Waals surface area contributed by atoms with Crippen LogP contribution in [0.25, 0.3) is 0 Å². The molecule has 0 radical (unpaired) electrons. The molecule has 4 rings (SSSR count). The first-order valence-corrected chi connectivity index (χ1v) is 12.1. The van der Waals surface area contributed by atoms with E-state index in [2.05, 4.69) is 10.0 Å². The van der Waals surface area contributed by atoms with Gasteiger partial charge in [-0.05, 0) is 30.3 Å². The summed E-state index contributed by atoms with van der Waals surface area (Å²) in [7, 11) is -1.35. The van der Waals surface area contributed by atoms with Gasteiger partial charge in [0, 0.05) is 11.8 Å². The second-order valence-corrected chi connectivity index (χ2v) is 9.67. The number of sulfonamides is 1. The number of benzene rings is 2. The lowest BCUT2D eigenvalue weighted by Gasteiger charge is -2.19. The Morgan fingerprint density at radius 3 is 2.47 bits per heavy atom. The molecule has 2 aliphatic rings. The Hall–Kier alpha value is -3.07. The maximum Gasteiger partial charge on any atom is 0.416 e. The van der Waals surface area contributed by atoms with Crippen molar-refractivity contribution in [1.82, 2.24) is 4.72 Å². The molecular formula is C22H23F3N2O8S. The lowest BCUT2D eigenvalue weighted by Crippen LogP contribution is -2.44. The van der Waals surface area contributed by atoms with Gasteiger partial charge in [-0.25, -0.2) is 17.9 Å². The van der Waals surface area contributed by atoms with Gasteiger partial charge < -0.3 is 23.7 Å². The third-order valence-electron chi connectivity index (χ3n) is 5.67. The van der Waals surface area contributed by atoms with Crippen molar-refractivity contribution in [3.63, 3.8) is 0 Å². The smallest absolute Gasteiger partial charge is 0.416 e.